The average Bonchev–Trinajstić information content (AvgIpc) is 2.68. The first-order chi connectivity index (χ1) is 13.0. The number of amides is 1. The van der Waals surface area contributed by atoms with Gasteiger partial charge in [-0.1, -0.05) is 12.1 Å². The molecule has 0 aliphatic heterocycles. The van der Waals surface area contributed by atoms with Gasteiger partial charge in [0.25, 0.3) is 5.91 Å². The van der Waals surface area contributed by atoms with Crippen LogP contribution in [0.5, 0.6) is 23.0 Å². The molecule has 0 heterocycles. The SMILES string of the molecule is COc1cc(C=NNC(=O)COc2cccc(C)c2C)cc(OC)c1OC. The number of carbonyl (C=O) groups is 1. The fraction of sp³-hybridized carbons (Fsp3) is 0.300. The first kappa shape index (κ1) is 20.1. The maximum Gasteiger partial charge on any atom is 0.277 e. The van der Waals surface area contributed by atoms with Crippen LogP contribution in [-0.2, 0) is 4.79 Å². The molecule has 0 radical (unpaired) electrons. The van der Waals surface area contributed by atoms with Crippen LogP contribution in [0.1, 0.15) is 16.7 Å². The van der Waals surface area contributed by atoms with Crippen LogP contribution in [0.4, 0.5) is 0 Å². The minimum Gasteiger partial charge on any atom is -0.493 e. The van der Waals surface area contributed by atoms with E-state index in [0.29, 0.717) is 28.6 Å². The van der Waals surface area contributed by atoms with E-state index in [-0.39, 0.29) is 12.5 Å². The largest absolute Gasteiger partial charge is 0.493 e. The molecule has 1 amide bonds. The van der Waals surface area contributed by atoms with Gasteiger partial charge in [-0.25, -0.2) is 5.43 Å². The monoisotopic (exact) mass is 372 g/mol. The van der Waals surface area contributed by atoms with E-state index in [9.17, 15) is 4.79 Å². The quantitative estimate of drug-likeness (QED) is 0.569. The second-order valence-corrected chi connectivity index (χ2v) is 5.74. The maximum atomic E-state index is 11.9. The Morgan fingerprint density at radius 1 is 1.04 bits per heavy atom. The highest BCUT2D eigenvalue weighted by Crippen LogP contribution is 2.37. The molecule has 0 aromatic heterocycles. The molecular weight excluding hydrogens is 348 g/mol. The first-order valence-electron chi connectivity index (χ1n) is 8.31. The number of nitrogens with one attached hydrogen (secondary N) is 1. The zero-order valence-electron chi connectivity index (χ0n) is 16.2. The van der Waals surface area contributed by atoms with Crippen molar-refractivity contribution in [3.8, 4) is 23.0 Å². The van der Waals surface area contributed by atoms with Crippen LogP contribution in [0.2, 0.25) is 0 Å². The molecule has 2 rings (SSSR count). The lowest BCUT2D eigenvalue weighted by molar-refractivity contribution is -0.123. The highest BCUT2D eigenvalue weighted by atomic mass is 16.5. The Labute approximate surface area is 158 Å². The Morgan fingerprint density at radius 2 is 1.70 bits per heavy atom. The number of methoxy groups -OCH3 is 3. The smallest absolute Gasteiger partial charge is 0.277 e. The first-order valence-corrected chi connectivity index (χ1v) is 8.31. The van der Waals surface area contributed by atoms with Gasteiger partial charge in [0.05, 0.1) is 27.5 Å². The second kappa shape index (κ2) is 9.47. The summed E-state index contributed by atoms with van der Waals surface area (Å²) in [6, 6.07) is 9.16. The van der Waals surface area contributed by atoms with Crippen LogP contribution in [0.3, 0.4) is 0 Å². The van der Waals surface area contributed by atoms with Gasteiger partial charge in [0.2, 0.25) is 5.75 Å². The van der Waals surface area contributed by atoms with Crippen molar-refractivity contribution in [1.29, 1.82) is 0 Å². The van der Waals surface area contributed by atoms with Gasteiger partial charge in [-0.3, -0.25) is 4.79 Å². The van der Waals surface area contributed by atoms with Gasteiger partial charge < -0.3 is 18.9 Å². The standard InChI is InChI=1S/C20H24N2O5/c1-13-7-6-8-16(14(13)2)27-12-19(23)22-21-11-15-9-17(24-3)20(26-5)18(10-15)25-4/h6-11H,12H2,1-5H3,(H,22,23). The molecule has 0 fully saturated rings. The molecule has 144 valence electrons. The lowest BCUT2D eigenvalue weighted by Gasteiger charge is -2.12. The summed E-state index contributed by atoms with van der Waals surface area (Å²) >= 11 is 0. The molecule has 1 N–H and O–H groups in total. The number of hydrogen-bond acceptors (Lipinski definition) is 6. The number of hydrazone groups is 1. The molecule has 0 saturated carbocycles. The minimum atomic E-state index is -0.361. The van der Waals surface area contributed by atoms with Crippen molar-refractivity contribution in [2.75, 3.05) is 27.9 Å². The molecule has 0 bridgehead atoms. The zero-order valence-corrected chi connectivity index (χ0v) is 16.2. The van der Waals surface area contributed by atoms with Gasteiger partial charge in [0.15, 0.2) is 18.1 Å². The average molecular weight is 372 g/mol. The highest BCUT2D eigenvalue weighted by Gasteiger charge is 2.12. The number of aryl methyl sites for hydroxylation is 1. The molecule has 2 aromatic rings. The Hall–Kier alpha value is -3.22. The number of hydrogen-bond donors (Lipinski definition) is 1. The Balaban J connectivity index is 1.98. The lowest BCUT2D eigenvalue weighted by atomic mass is 10.1. The lowest BCUT2D eigenvalue weighted by Crippen LogP contribution is -2.24. The van der Waals surface area contributed by atoms with Crippen LogP contribution >= 0.6 is 0 Å². The molecular formula is C20H24N2O5. The van der Waals surface area contributed by atoms with Crippen molar-refractivity contribution >= 4 is 12.1 Å². The normalized spacial score (nSPS) is 10.6. The Bertz CT molecular complexity index is 808. The number of carbonyl (C=O) groups excluding carboxylic acids is 1. The second-order valence-electron chi connectivity index (χ2n) is 5.74. The third kappa shape index (κ3) is 5.13. The van der Waals surface area contributed by atoms with E-state index >= 15 is 0 Å². The fourth-order valence-electron chi connectivity index (χ4n) is 2.41. The van der Waals surface area contributed by atoms with E-state index in [4.69, 9.17) is 18.9 Å². The summed E-state index contributed by atoms with van der Waals surface area (Å²) in [5, 5.41) is 3.94. The number of nitrogens with zero attached hydrogens (tertiary/aromatic N) is 1. The summed E-state index contributed by atoms with van der Waals surface area (Å²) < 4.78 is 21.4. The van der Waals surface area contributed by atoms with Crippen LogP contribution in [0.25, 0.3) is 0 Å². The van der Waals surface area contributed by atoms with Crippen LogP contribution < -0.4 is 24.4 Å². The highest BCUT2D eigenvalue weighted by molar-refractivity contribution is 5.84. The molecule has 2 aromatic carbocycles. The number of rotatable bonds is 8. The Morgan fingerprint density at radius 3 is 2.30 bits per heavy atom. The predicted octanol–water partition coefficient (Wildman–Crippen LogP) is 2.86. The third-order valence-corrected chi connectivity index (χ3v) is 4.00. The summed E-state index contributed by atoms with van der Waals surface area (Å²) in [6.45, 7) is 3.81. The number of benzene rings is 2. The minimum absolute atomic E-state index is 0.128. The molecule has 0 saturated heterocycles. The van der Waals surface area contributed by atoms with E-state index in [2.05, 4.69) is 10.5 Å². The zero-order chi connectivity index (χ0) is 19.8. The molecule has 7 nitrogen and oxygen atoms in total. The molecule has 0 unspecified atom stereocenters. The van der Waals surface area contributed by atoms with Crippen molar-refractivity contribution in [2.24, 2.45) is 5.10 Å². The summed E-state index contributed by atoms with van der Waals surface area (Å²) in [5.41, 5.74) is 5.22. The van der Waals surface area contributed by atoms with E-state index in [1.165, 1.54) is 27.5 Å². The van der Waals surface area contributed by atoms with Gasteiger partial charge in [0, 0.05) is 5.56 Å². The van der Waals surface area contributed by atoms with Gasteiger partial charge in [0.1, 0.15) is 5.75 Å². The van der Waals surface area contributed by atoms with Gasteiger partial charge in [-0.05, 0) is 43.2 Å². The van der Waals surface area contributed by atoms with E-state index in [1.54, 1.807) is 12.1 Å². The van der Waals surface area contributed by atoms with Crippen molar-refractivity contribution in [2.45, 2.75) is 13.8 Å². The summed E-state index contributed by atoms with van der Waals surface area (Å²) in [7, 11) is 4.60. The molecule has 0 aliphatic rings. The van der Waals surface area contributed by atoms with E-state index in [1.807, 2.05) is 32.0 Å². The van der Waals surface area contributed by atoms with Gasteiger partial charge >= 0.3 is 0 Å². The Kier molecular flexibility index (Phi) is 7.05. The van der Waals surface area contributed by atoms with E-state index < -0.39 is 0 Å². The molecule has 0 spiro atoms. The molecule has 27 heavy (non-hydrogen) atoms. The molecule has 0 atom stereocenters. The van der Waals surface area contributed by atoms with Crippen molar-refractivity contribution < 1.29 is 23.7 Å². The molecule has 7 heteroatoms. The van der Waals surface area contributed by atoms with Crippen molar-refractivity contribution in [1.82, 2.24) is 5.43 Å². The fourth-order valence-corrected chi connectivity index (χ4v) is 2.41. The van der Waals surface area contributed by atoms with E-state index in [0.717, 1.165) is 11.1 Å². The van der Waals surface area contributed by atoms with Crippen LogP contribution in [0.15, 0.2) is 35.4 Å². The summed E-state index contributed by atoms with van der Waals surface area (Å²) in [6.07, 6.45) is 1.49. The topological polar surface area (TPSA) is 78.4 Å². The molecule has 0 aliphatic carbocycles. The maximum absolute atomic E-state index is 11.9. The third-order valence-electron chi connectivity index (χ3n) is 4.00. The summed E-state index contributed by atoms with van der Waals surface area (Å²) in [5.74, 6) is 1.81. The summed E-state index contributed by atoms with van der Waals surface area (Å²) in [4.78, 5) is 11.9. The van der Waals surface area contributed by atoms with Crippen LogP contribution in [0, 0.1) is 13.8 Å². The van der Waals surface area contributed by atoms with Crippen molar-refractivity contribution in [3.63, 3.8) is 0 Å². The number of ether oxygens (including phenoxy) is 4. The van der Waals surface area contributed by atoms with Gasteiger partial charge in [-0.2, -0.15) is 5.10 Å². The van der Waals surface area contributed by atoms with Crippen LogP contribution in [-0.4, -0.2) is 40.1 Å². The van der Waals surface area contributed by atoms with Gasteiger partial charge in [-0.15, -0.1) is 0 Å². The predicted molar refractivity (Wildman–Crippen MR) is 103 cm³/mol. The van der Waals surface area contributed by atoms with Crippen molar-refractivity contribution in [3.05, 3.63) is 47.0 Å².